The first-order valence-corrected chi connectivity index (χ1v) is 10.1. The van der Waals surface area contributed by atoms with Crippen molar-refractivity contribution in [3.8, 4) is 27.4 Å². The molecule has 31 heavy (non-hydrogen) atoms. The summed E-state index contributed by atoms with van der Waals surface area (Å²) in [4.78, 5) is 29.0. The molecule has 4 aromatic rings. The van der Waals surface area contributed by atoms with E-state index in [9.17, 15) is 14.9 Å². The number of anilines is 1. The minimum absolute atomic E-state index is 0.0912. The molecule has 8 heteroatoms. The predicted octanol–water partition coefficient (Wildman–Crippen LogP) is 5.65. The van der Waals surface area contributed by atoms with E-state index < -0.39 is 10.8 Å². The number of nitro groups is 1. The van der Waals surface area contributed by atoms with E-state index in [0.29, 0.717) is 5.13 Å². The Bertz CT molecular complexity index is 1180. The van der Waals surface area contributed by atoms with E-state index in [0.717, 1.165) is 21.7 Å². The highest BCUT2D eigenvalue weighted by molar-refractivity contribution is 7.19. The van der Waals surface area contributed by atoms with E-state index in [1.165, 1.54) is 36.6 Å². The third-order valence-corrected chi connectivity index (χ3v) is 5.59. The van der Waals surface area contributed by atoms with Gasteiger partial charge in [0.2, 0.25) is 0 Å². The second-order valence-electron chi connectivity index (χ2n) is 6.53. The number of rotatable bonds is 6. The molecule has 1 heterocycles. The van der Waals surface area contributed by atoms with Crippen LogP contribution in [0.3, 0.4) is 0 Å². The summed E-state index contributed by atoms with van der Waals surface area (Å²) in [5, 5.41) is 14.4. The van der Waals surface area contributed by atoms with Crippen LogP contribution in [0.25, 0.3) is 21.7 Å². The number of nitro benzene ring substituents is 1. The number of hydrogen-bond donors (Lipinski definition) is 1. The Hall–Kier alpha value is -4.04. The lowest BCUT2D eigenvalue weighted by Gasteiger charge is -2.05. The van der Waals surface area contributed by atoms with Gasteiger partial charge in [-0.15, -0.1) is 0 Å². The van der Waals surface area contributed by atoms with Gasteiger partial charge in [0.1, 0.15) is 0 Å². The first kappa shape index (κ1) is 20.2. The smallest absolute Gasteiger partial charge is 0.311 e. The standard InChI is InChI=1S/C23H17N3O4S/c1-30-19-13-12-17(14-18(19)26(28)29)22(27)25-23-24-20(15-8-4-2-5-9-15)21(31-23)16-10-6-3-7-11-16/h2-14H,1H3,(H,24,25,27). The number of nitrogens with zero attached hydrogens (tertiary/aromatic N) is 2. The van der Waals surface area contributed by atoms with Gasteiger partial charge < -0.3 is 4.74 Å². The maximum absolute atomic E-state index is 12.8. The third kappa shape index (κ3) is 4.29. The van der Waals surface area contributed by atoms with Gasteiger partial charge in [-0.3, -0.25) is 20.2 Å². The molecule has 0 unspecified atom stereocenters. The molecule has 0 fully saturated rings. The molecular weight excluding hydrogens is 414 g/mol. The van der Waals surface area contributed by atoms with Gasteiger partial charge in [-0.05, 0) is 17.7 Å². The number of methoxy groups -OCH3 is 1. The zero-order valence-corrected chi connectivity index (χ0v) is 17.3. The van der Waals surface area contributed by atoms with Crippen molar-refractivity contribution in [3.05, 3.63) is 94.5 Å². The van der Waals surface area contributed by atoms with Crippen LogP contribution >= 0.6 is 11.3 Å². The fourth-order valence-electron chi connectivity index (χ4n) is 3.09. The quantitative estimate of drug-likeness (QED) is 0.315. The SMILES string of the molecule is COc1ccc(C(=O)Nc2nc(-c3ccccc3)c(-c3ccccc3)s2)cc1[N+](=O)[O-]. The summed E-state index contributed by atoms with van der Waals surface area (Å²) >= 11 is 1.35. The van der Waals surface area contributed by atoms with Crippen LogP contribution in [0.2, 0.25) is 0 Å². The maximum Gasteiger partial charge on any atom is 0.311 e. The van der Waals surface area contributed by atoms with Crippen molar-refractivity contribution in [2.45, 2.75) is 0 Å². The van der Waals surface area contributed by atoms with Crippen molar-refractivity contribution in [1.82, 2.24) is 4.98 Å². The molecule has 4 rings (SSSR count). The predicted molar refractivity (Wildman–Crippen MR) is 121 cm³/mol. The van der Waals surface area contributed by atoms with Crippen molar-refractivity contribution in [2.24, 2.45) is 0 Å². The second-order valence-corrected chi connectivity index (χ2v) is 7.53. The molecule has 0 atom stereocenters. The van der Waals surface area contributed by atoms with E-state index in [4.69, 9.17) is 4.74 Å². The van der Waals surface area contributed by atoms with E-state index >= 15 is 0 Å². The Balaban J connectivity index is 1.69. The molecule has 0 aliphatic rings. The van der Waals surface area contributed by atoms with Crippen molar-refractivity contribution in [2.75, 3.05) is 12.4 Å². The molecule has 0 bridgehead atoms. The molecule has 0 spiro atoms. The number of nitrogens with one attached hydrogen (secondary N) is 1. The molecule has 154 valence electrons. The number of ether oxygens (including phenoxy) is 1. The number of amides is 1. The zero-order chi connectivity index (χ0) is 21.8. The number of hydrogen-bond acceptors (Lipinski definition) is 6. The van der Waals surface area contributed by atoms with Crippen molar-refractivity contribution < 1.29 is 14.5 Å². The summed E-state index contributed by atoms with van der Waals surface area (Å²) in [6.45, 7) is 0. The highest BCUT2D eigenvalue weighted by Gasteiger charge is 2.20. The van der Waals surface area contributed by atoms with Gasteiger partial charge in [0.25, 0.3) is 5.91 Å². The number of benzene rings is 3. The van der Waals surface area contributed by atoms with Crippen LogP contribution in [0.1, 0.15) is 10.4 Å². The van der Waals surface area contributed by atoms with Gasteiger partial charge in [0.05, 0.1) is 22.6 Å². The lowest BCUT2D eigenvalue weighted by Crippen LogP contribution is -2.12. The van der Waals surface area contributed by atoms with Gasteiger partial charge in [-0.1, -0.05) is 72.0 Å². The van der Waals surface area contributed by atoms with E-state index in [2.05, 4.69) is 10.3 Å². The van der Waals surface area contributed by atoms with Crippen LogP contribution in [0.15, 0.2) is 78.9 Å². The Kier molecular flexibility index (Phi) is 5.72. The number of aromatic nitrogens is 1. The van der Waals surface area contributed by atoms with Gasteiger partial charge in [0, 0.05) is 17.2 Å². The molecule has 1 amide bonds. The monoisotopic (exact) mass is 431 g/mol. The van der Waals surface area contributed by atoms with Gasteiger partial charge in [-0.2, -0.15) is 0 Å². The summed E-state index contributed by atoms with van der Waals surface area (Å²) in [7, 11) is 1.34. The minimum Gasteiger partial charge on any atom is -0.490 e. The molecule has 1 aromatic heterocycles. The van der Waals surface area contributed by atoms with E-state index in [1.807, 2.05) is 60.7 Å². The molecule has 7 nitrogen and oxygen atoms in total. The average Bonchev–Trinajstić information content (AvgIpc) is 3.23. The average molecular weight is 431 g/mol. The van der Waals surface area contributed by atoms with Crippen LogP contribution in [0.5, 0.6) is 5.75 Å². The third-order valence-electron chi connectivity index (χ3n) is 4.57. The van der Waals surface area contributed by atoms with Crippen molar-refractivity contribution in [1.29, 1.82) is 0 Å². The molecule has 0 saturated carbocycles. The normalized spacial score (nSPS) is 10.5. The fourth-order valence-corrected chi connectivity index (χ4v) is 4.08. The molecule has 3 aromatic carbocycles. The summed E-state index contributed by atoms with van der Waals surface area (Å²) in [5.41, 5.74) is 2.54. The van der Waals surface area contributed by atoms with Crippen molar-refractivity contribution >= 4 is 28.1 Å². The topological polar surface area (TPSA) is 94.4 Å². The highest BCUT2D eigenvalue weighted by Crippen LogP contribution is 2.39. The van der Waals surface area contributed by atoms with Crippen LogP contribution in [-0.4, -0.2) is 22.9 Å². The fraction of sp³-hybridized carbons (Fsp3) is 0.0435. The molecular formula is C23H17N3O4S. The summed E-state index contributed by atoms with van der Waals surface area (Å²) in [6.07, 6.45) is 0. The highest BCUT2D eigenvalue weighted by atomic mass is 32.1. The van der Waals surface area contributed by atoms with Crippen LogP contribution < -0.4 is 10.1 Å². The minimum atomic E-state index is -0.583. The van der Waals surface area contributed by atoms with Crippen LogP contribution in [0, 0.1) is 10.1 Å². The number of thiazole rings is 1. The lowest BCUT2D eigenvalue weighted by atomic mass is 10.1. The Morgan fingerprint density at radius 2 is 1.65 bits per heavy atom. The number of carbonyl (C=O) groups excluding carboxylic acids is 1. The summed E-state index contributed by atoms with van der Waals surface area (Å²) in [5.74, 6) is -0.396. The van der Waals surface area contributed by atoms with Crippen LogP contribution in [-0.2, 0) is 0 Å². The lowest BCUT2D eigenvalue weighted by molar-refractivity contribution is -0.385. The van der Waals surface area contributed by atoms with Crippen molar-refractivity contribution in [3.63, 3.8) is 0 Å². The maximum atomic E-state index is 12.8. The van der Waals surface area contributed by atoms with Gasteiger partial charge >= 0.3 is 5.69 Å². The van der Waals surface area contributed by atoms with Gasteiger partial charge in [0.15, 0.2) is 10.9 Å². The largest absolute Gasteiger partial charge is 0.490 e. The molecule has 0 aliphatic heterocycles. The van der Waals surface area contributed by atoms with Crippen LogP contribution in [0.4, 0.5) is 10.8 Å². The zero-order valence-electron chi connectivity index (χ0n) is 16.4. The Morgan fingerprint density at radius 1 is 1.00 bits per heavy atom. The van der Waals surface area contributed by atoms with E-state index in [-0.39, 0.29) is 17.0 Å². The van der Waals surface area contributed by atoms with Gasteiger partial charge in [-0.25, -0.2) is 4.98 Å². The second kappa shape index (κ2) is 8.76. The summed E-state index contributed by atoms with van der Waals surface area (Å²) < 4.78 is 4.99. The molecule has 0 radical (unpaired) electrons. The number of carbonyl (C=O) groups is 1. The molecule has 0 saturated heterocycles. The molecule has 0 aliphatic carbocycles. The first-order valence-electron chi connectivity index (χ1n) is 9.32. The molecule has 1 N–H and O–H groups in total. The first-order chi connectivity index (χ1) is 15.1. The summed E-state index contributed by atoms with van der Waals surface area (Å²) in [6, 6.07) is 23.6. The Labute approximate surface area is 182 Å². The Morgan fingerprint density at radius 3 is 2.26 bits per heavy atom. The van der Waals surface area contributed by atoms with E-state index in [1.54, 1.807) is 0 Å².